The third-order valence-corrected chi connectivity index (χ3v) is 9.09. The molecule has 0 aliphatic heterocycles. The molecule has 10 heteroatoms. The molecule has 4 rings (SSSR count). The minimum absolute atomic E-state index is 0.261. The number of nitrogens with one attached hydrogen (secondary N) is 1. The van der Waals surface area contributed by atoms with Crippen LogP contribution in [0.2, 0.25) is 0 Å². The predicted octanol–water partition coefficient (Wildman–Crippen LogP) is 7.20. The molecule has 4 aromatic rings. The molecule has 0 spiro atoms. The zero-order valence-corrected chi connectivity index (χ0v) is 29.3. The van der Waals surface area contributed by atoms with Crippen molar-refractivity contribution in [3.05, 3.63) is 96.6 Å². The van der Waals surface area contributed by atoms with Crippen LogP contribution < -0.4 is 15.0 Å². The Labute approximate surface area is 287 Å². The van der Waals surface area contributed by atoms with Crippen LogP contribution in [0.1, 0.15) is 44.4 Å². The van der Waals surface area contributed by atoms with Crippen LogP contribution in [-0.2, 0) is 37.4 Å². The van der Waals surface area contributed by atoms with E-state index >= 15 is 0 Å². The summed E-state index contributed by atoms with van der Waals surface area (Å²) >= 11 is 0. The quantitative estimate of drug-likeness (QED) is 0.0784. The third kappa shape index (κ3) is 11.2. The van der Waals surface area contributed by atoms with Gasteiger partial charge in [-0.3, -0.25) is 9.00 Å². The summed E-state index contributed by atoms with van der Waals surface area (Å²) in [5.74, 6) is 0.925. The van der Waals surface area contributed by atoms with Crippen LogP contribution in [0.4, 0.5) is 11.4 Å². The van der Waals surface area contributed by atoms with Crippen molar-refractivity contribution < 1.29 is 23.2 Å². The highest BCUT2D eigenvalue weighted by Gasteiger charge is 2.11. The molecule has 0 radical (unpaired) electrons. The molecule has 0 aliphatic carbocycles. The normalized spacial score (nSPS) is 11.9. The van der Waals surface area contributed by atoms with Crippen LogP contribution in [0, 0.1) is 0 Å². The number of likely N-dealkylation sites (N-methyl/N-ethyl adjacent to an activating group) is 1. The summed E-state index contributed by atoms with van der Waals surface area (Å²) in [7, 11) is 2.47. The van der Waals surface area contributed by atoms with Crippen LogP contribution in [0.3, 0.4) is 0 Å². The molecular formula is C38H48N4O5S. The minimum atomic E-state index is -1.22. The Bertz CT molecular complexity index is 1620. The Morgan fingerprint density at radius 1 is 0.958 bits per heavy atom. The molecule has 0 unspecified atom stereocenters. The molecule has 1 atom stereocenters. The maximum Gasteiger partial charge on any atom is 0.248 e. The highest BCUT2D eigenvalue weighted by atomic mass is 32.2. The van der Waals surface area contributed by atoms with Gasteiger partial charge in [0.25, 0.3) is 0 Å². The average Bonchev–Trinajstić information content (AvgIpc) is 3.54. The molecule has 0 fully saturated rings. The number of rotatable bonds is 20. The van der Waals surface area contributed by atoms with Crippen LogP contribution in [0.5, 0.6) is 5.75 Å². The fourth-order valence-corrected chi connectivity index (χ4v) is 6.16. The number of nitrogens with zero attached hydrogens (tertiary/aromatic N) is 3. The molecule has 0 saturated carbocycles. The van der Waals surface area contributed by atoms with Gasteiger partial charge in [0.1, 0.15) is 12.4 Å². The number of methoxy groups -OCH3 is 1. The lowest BCUT2D eigenvalue weighted by Gasteiger charge is -2.22. The number of carbonyl (C=O) groups excluding carboxylic acids is 1. The molecule has 3 aromatic carbocycles. The van der Waals surface area contributed by atoms with Gasteiger partial charge in [0.15, 0.2) is 0 Å². The summed E-state index contributed by atoms with van der Waals surface area (Å²) in [5, 5.41) is 2.92. The number of unbranched alkanes of at least 4 members (excludes halogenated alkanes) is 1. The monoisotopic (exact) mass is 672 g/mol. The van der Waals surface area contributed by atoms with E-state index in [1.807, 2.05) is 42.0 Å². The Morgan fingerprint density at radius 2 is 1.73 bits per heavy atom. The second-order valence-corrected chi connectivity index (χ2v) is 12.9. The van der Waals surface area contributed by atoms with E-state index < -0.39 is 10.8 Å². The average molecular weight is 673 g/mol. The standard InChI is InChI=1S/C38H48N4O5S/c1-5-7-22-46-24-25-47-35-14-8-30(9-15-35)31-10-18-37(41(3)21-23-45-4)32(26-31)11-19-38(43)40-33-12-16-36(17-13-33)48(44)28-34-27-39-29-42(34)20-6-2/h8-19,26-27,29H,5-7,20-25,28H2,1-4H3,(H,40,43)/b19-11+/t48-/m0/s1. The zero-order chi connectivity index (χ0) is 34.1. The van der Waals surface area contributed by atoms with E-state index in [1.54, 1.807) is 43.9 Å². The largest absolute Gasteiger partial charge is 0.491 e. The first-order valence-corrected chi connectivity index (χ1v) is 17.8. The van der Waals surface area contributed by atoms with E-state index in [1.165, 1.54) is 6.08 Å². The van der Waals surface area contributed by atoms with Crippen molar-refractivity contribution >= 4 is 34.2 Å². The van der Waals surface area contributed by atoms with Crippen molar-refractivity contribution in [1.29, 1.82) is 0 Å². The lowest BCUT2D eigenvalue weighted by molar-refractivity contribution is -0.111. The van der Waals surface area contributed by atoms with E-state index in [-0.39, 0.29) is 5.91 Å². The number of hydrogen-bond acceptors (Lipinski definition) is 7. The van der Waals surface area contributed by atoms with Crippen molar-refractivity contribution in [3.63, 3.8) is 0 Å². The van der Waals surface area contributed by atoms with Gasteiger partial charge >= 0.3 is 0 Å². The van der Waals surface area contributed by atoms with Gasteiger partial charge in [-0.1, -0.05) is 38.5 Å². The molecular weight excluding hydrogens is 625 g/mol. The van der Waals surface area contributed by atoms with Crippen molar-refractivity contribution in [1.82, 2.24) is 9.55 Å². The van der Waals surface area contributed by atoms with Crippen LogP contribution in [0.15, 0.2) is 90.2 Å². The lowest BCUT2D eigenvalue weighted by atomic mass is 10.0. The molecule has 1 heterocycles. The Balaban J connectivity index is 1.41. The van der Waals surface area contributed by atoms with Gasteiger partial charge in [-0.05, 0) is 84.1 Å². The maximum absolute atomic E-state index is 13.0. The highest BCUT2D eigenvalue weighted by Crippen LogP contribution is 2.29. The van der Waals surface area contributed by atoms with Gasteiger partial charge in [0.2, 0.25) is 5.91 Å². The van der Waals surface area contributed by atoms with E-state index in [2.05, 4.69) is 47.2 Å². The molecule has 1 N–H and O–H groups in total. The summed E-state index contributed by atoms with van der Waals surface area (Å²) in [6, 6.07) is 21.4. The van der Waals surface area contributed by atoms with Gasteiger partial charge in [-0.2, -0.15) is 0 Å². The summed E-state index contributed by atoms with van der Waals surface area (Å²) in [4.78, 5) is 20.0. The van der Waals surface area contributed by atoms with Gasteiger partial charge in [0, 0.05) is 62.4 Å². The number of aromatic nitrogens is 2. The number of aryl methyl sites for hydroxylation is 1. The lowest BCUT2D eigenvalue weighted by Crippen LogP contribution is -2.22. The second kappa shape index (κ2) is 19.5. The Kier molecular flexibility index (Phi) is 14.9. The summed E-state index contributed by atoms with van der Waals surface area (Å²) in [5.41, 5.74) is 5.52. The van der Waals surface area contributed by atoms with E-state index in [4.69, 9.17) is 14.2 Å². The van der Waals surface area contributed by atoms with Gasteiger partial charge < -0.3 is 29.0 Å². The Hall–Kier alpha value is -4.25. The number of anilines is 2. The molecule has 256 valence electrons. The fraction of sp³-hybridized carbons (Fsp3) is 0.368. The van der Waals surface area contributed by atoms with Crippen LogP contribution in [-0.4, -0.2) is 66.8 Å². The first kappa shape index (κ1) is 36.6. The SMILES string of the molecule is CCCCOCCOc1ccc(-c2ccc(N(C)CCOC)c(/C=C/C(=O)Nc3ccc([S@@](=O)Cc4cncn4CCC)cc3)c2)cc1. The van der Waals surface area contributed by atoms with Gasteiger partial charge in [-0.25, -0.2) is 4.98 Å². The summed E-state index contributed by atoms with van der Waals surface area (Å²) in [6.07, 6.45) is 10.1. The van der Waals surface area contributed by atoms with E-state index in [0.717, 1.165) is 66.2 Å². The van der Waals surface area contributed by atoms with Crippen molar-refractivity contribution in [2.75, 3.05) is 57.3 Å². The number of hydrogen-bond donors (Lipinski definition) is 1. The van der Waals surface area contributed by atoms with Crippen LogP contribution >= 0.6 is 0 Å². The highest BCUT2D eigenvalue weighted by molar-refractivity contribution is 7.84. The summed E-state index contributed by atoms with van der Waals surface area (Å²) < 4.78 is 31.7. The number of imidazole rings is 1. The zero-order valence-electron chi connectivity index (χ0n) is 28.5. The van der Waals surface area contributed by atoms with Gasteiger partial charge in [0.05, 0.1) is 41.8 Å². The topological polar surface area (TPSA) is 94.9 Å². The van der Waals surface area contributed by atoms with Crippen molar-refractivity contribution in [2.45, 2.75) is 50.3 Å². The predicted molar refractivity (Wildman–Crippen MR) is 195 cm³/mol. The number of benzene rings is 3. The summed E-state index contributed by atoms with van der Waals surface area (Å²) in [6.45, 7) is 8.22. The molecule has 1 aromatic heterocycles. The fourth-order valence-electron chi connectivity index (χ4n) is 5.04. The third-order valence-electron chi connectivity index (χ3n) is 7.74. The molecule has 0 saturated heterocycles. The Morgan fingerprint density at radius 3 is 2.46 bits per heavy atom. The molecule has 1 amide bonds. The first-order valence-electron chi connectivity index (χ1n) is 16.5. The smallest absolute Gasteiger partial charge is 0.248 e. The molecule has 48 heavy (non-hydrogen) atoms. The first-order chi connectivity index (χ1) is 23.4. The van der Waals surface area contributed by atoms with E-state index in [0.29, 0.717) is 42.7 Å². The number of ether oxygens (including phenoxy) is 3. The van der Waals surface area contributed by atoms with Crippen molar-refractivity contribution in [3.8, 4) is 16.9 Å². The number of carbonyl (C=O) groups is 1. The maximum atomic E-state index is 13.0. The van der Waals surface area contributed by atoms with E-state index in [9.17, 15) is 9.00 Å². The number of amides is 1. The molecule has 0 aliphatic rings. The van der Waals surface area contributed by atoms with Crippen LogP contribution in [0.25, 0.3) is 17.2 Å². The van der Waals surface area contributed by atoms with Gasteiger partial charge in [-0.15, -0.1) is 0 Å². The minimum Gasteiger partial charge on any atom is -0.491 e. The van der Waals surface area contributed by atoms with Crippen molar-refractivity contribution in [2.24, 2.45) is 0 Å². The second-order valence-electron chi connectivity index (χ2n) is 11.4. The molecule has 9 nitrogen and oxygen atoms in total. The molecule has 0 bridgehead atoms.